The number of nitrogen functional groups attached to an aromatic ring is 1. The summed E-state index contributed by atoms with van der Waals surface area (Å²) in [6.07, 6.45) is 3.98. The number of ether oxygens (including phenoxy) is 1. The number of aromatic nitrogens is 2. The number of piperazine rings is 1. The molecule has 36 heavy (non-hydrogen) atoms. The molecule has 188 valence electrons. The molecular weight excluding hydrogens is 511 g/mol. The number of hydrogen-bond acceptors (Lipinski definition) is 7. The first-order chi connectivity index (χ1) is 17.2. The van der Waals surface area contributed by atoms with Gasteiger partial charge in [0.15, 0.2) is 11.4 Å². The van der Waals surface area contributed by atoms with Crippen LogP contribution in [0.15, 0.2) is 41.3 Å². The molecule has 0 saturated carbocycles. The van der Waals surface area contributed by atoms with Crippen LogP contribution in [0.3, 0.4) is 0 Å². The number of fused-ring (bicyclic) bond motifs is 1. The second-order valence-electron chi connectivity index (χ2n) is 8.70. The number of pyridine rings is 2. The van der Waals surface area contributed by atoms with Gasteiger partial charge in [-0.2, -0.15) is 0 Å². The van der Waals surface area contributed by atoms with Gasteiger partial charge in [0, 0.05) is 61.3 Å². The van der Waals surface area contributed by atoms with E-state index in [1.807, 2.05) is 12.1 Å². The van der Waals surface area contributed by atoms with Crippen molar-refractivity contribution in [1.29, 1.82) is 0 Å². The Morgan fingerprint density at radius 2 is 1.75 bits per heavy atom. The average molecular weight is 534 g/mol. The second kappa shape index (κ2) is 9.72. The Hall–Kier alpha value is -3.14. The molecule has 5 rings (SSSR count). The number of likely N-dealkylation sites (N-methyl/N-ethyl adjacent to an activating group) is 1. The summed E-state index contributed by atoms with van der Waals surface area (Å²) < 4.78 is 39.9. The molecule has 4 heterocycles. The van der Waals surface area contributed by atoms with Gasteiger partial charge in [0.25, 0.3) is 0 Å². The van der Waals surface area contributed by atoms with Gasteiger partial charge >= 0.3 is 0 Å². The highest BCUT2D eigenvalue weighted by atomic mass is 35.5. The zero-order valence-electron chi connectivity index (χ0n) is 19.6. The van der Waals surface area contributed by atoms with Crippen molar-refractivity contribution in [1.82, 2.24) is 14.9 Å². The lowest BCUT2D eigenvalue weighted by Gasteiger charge is -2.33. The highest BCUT2D eigenvalue weighted by molar-refractivity contribution is 6.36. The first-order valence-electron chi connectivity index (χ1n) is 11.3. The quantitative estimate of drug-likeness (QED) is 0.317. The minimum Gasteiger partial charge on any atom is -0.478 e. The maximum atomic E-state index is 14.1. The van der Waals surface area contributed by atoms with E-state index in [1.165, 1.54) is 0 Å². The largest absolute Gasteiger partial charge is 0.478 e. The number of benzene rings is 1. The minimum absolute atomic E-state index is 0.0392. The van der Waals surface area contributed by atoms with E-state index in [4.69, 9.17) is 38.1 Å². The fourth-order valence-electron chi connectivity index (χ4n) is 4.27. The second-order valence-corrected chi connectivity index (χ2v) is 9.46. The smallest absolute Gasteiger partial charge is 0.205 e. The summed E-state index contributed by atoms with van der Waals surface area (Å²) >= 11 is 12.1. The van der Waals surface area contributed by atoms with Crippen LogP contribution in [-0.4, -0.2) is 48.1 Å². The fourth-order valence-corrected chi connectivity index (χ4v) is 4.92. The van der Waals surface area contributed by atoms with Crippen molar-refractivity contribution in [3.05, 3.63) is 64.1 Å². The Bertz CT molecular complexity index is 1400. The predicted octanol–water partition coefficient (Wildman–Crippen LogP) is 5.95. The Morgan fingerprint density at radius 3 is 2.39 bits per heavy atom. The zero-order chi connectivity index (χ0) is 25.6. The van der Waals surface area contributed by atoms with Crippen molar-refractivity contribution in [2.24, 2.45) is 0 Å². The topological polar surface area (TPSA) is 80.7 Å². The Labute approximate surface area is 216 Å². The van der Waals surface area contributed by atoms with Gasteiger partial charge < -0.3 is 24.7 Å². The number of nitrogens with two attached hydrogens (primary N) is 1. The van der Waals surface area contributed by atoms with Gasteiger partial charge in [0.2, 0.25) is 5.75 Å². The lowest BCUT2D eigenvalue weighted by atomic mass is 10.1. The minimum atomic E-state index is -0.956. The lowest BCUT2D eigenvalue weighted by Crippen LogP contribution is -2.44. The third kappa shape index (κ3) is 4.42. The van der Waals surface area contributed by atoms with Gasteiger partial charge in [-0.1, -0.05) is 23.2 Å². The van der Waals surface area contributed by atoms with Crippen LogP contribution in [0.25, 0.3) is 22.1 Å². The van der Waals surface area contributed by atoms with E-state index in [0.29, 0.717) is 17.0 Å². The van der Waals surface area contributed by atoms with E-state index < -0.39 is 17.7 Å². The summed E-state index contributed by atoms with van der Waals surface area (Å²) in [5.41, 5.74) is 7.95. The maximum Gasteiger partial charge on any atom is 0.205 e. The number of nitrogens with zero attached hydrogens (tertiary/aromatic N) is 4. The molecule has 4 aromatic rings. The van der Waals surface area contributed by atoms with Gasteiger partial charge in [0.1, 0.15) is 23.6 Å². The highest BCUT2D eigenvalue weighted by Gasteiger charge is 2.25. The number of hydrogen-bond donors (Lipinski definition) is 1. The van der Waals surface area contributed by atoms with E-state index in [2.05, 4.69) is 26.8 Å². The molecule has 1 aliphatic heterocycles. The SMILES string of the molecule is CC(Oc1c(N)ncc2c(-c3ccc(N4CCN(C)CC4)nc3)coc12)c1c(Cl)c(F)cc(F)c1Cl. The molecule has 2 N–H and O–H groups in total. The Morgan fingerprint density at radius 1 is 1.06 bits per heavy atom. The van der Waals surface area contributed by atoms with Crippen molar-refractivity contribution in [3.8, 4) is 16.9 Å². The van der Waals surface area contributed by atoms with Crippen molar-refractivity contribution in [2.45, 2.75) is 13.0 Å². The molecule has 1 unspecified atom stereocenters. The molecule has 1 atom stereocenters. The van der Waals surface area contributed by atoms with Gasteiger partial charge in [-0.15, -0.1) is 0 Å². The van der Waals surface area contributed by atoms with Crippen molar-refractivity contribution < 1.29 is 17.9 Å². The van der Waals surface area contributed by atoms with E-state index in [-0.39, 0.29) is 27.2 Å². The maximum absolute atomic E-state index is 14.1. The Balaban J connectivity index is 1.46. The number of furan rings is 1. The number of anilines is 2. The van der Waals surface area contributed by atoms with Gasteiger partial charge in [-0.05, 0) is 26.1 Å². The van der Waals surface area contributed by atoms with Crippen LogP contribution in [0.5, 0.6) is 5.75 Å². The third-order valence-corrected chi connectivity index (χ3v) is 7.10. The summed E-state index contributed by atoms with van der Waals surface area (Å²) in [5.74, 6) is -0.814. The highest BCUT2D eigenvalue weighted by Crippen LogP contribution is 2.42. The normalized spacial score (nSPS) is 15.4. The zero-order valence-corrected chi connectivity index (χ0v) is 21.1. The van der Waals surface area contributed by atoms with Gasteiger partial charge in [-0.25, -0.2) is 18.7 Å². The Kier molecular flexibility index (Phi) is 6.63. The molecule has 1 saturated heterocycles. The summed E-state index contributed by atoms with van der Waals surface area (Å²) in [6.45, 7) is 5.37. The first-order valence-corrected chi connectivity index (χ1v) is 12.0. The number of halogens is 4. The van der Waals surface area contributed by atoms with Crippen LogP contribution < -0.4 is 15.4 Å². The average Bonchev–Trinajstić information content (AvgIpc) is 3.30. The van der Waals surface area contributed by atoms with Crippen LogP contribution in [0.2, 0.25) is 10.0 Å². The van der Waals surface area contributed by atoms with Crippen LogP contribution in [-0.2, 0) is 0 Å². The summed E-state index contributed by atoms with van der Waals surface area (Å²) in [7, 11) is 2.11. The molecular formula is C25H23Cl2F2N5O2. The van der Waals surface area contributed by atoms with Crippen molar-refractivity contribution in [3.63, 3.8) is 0 Å². The molecule has 7 nitrogen and oxygen atoms in total. The summed E-state index contributed by atoms with van der Waals surface area (Å²) in [4.78, 5) is 13.4. The molecule has 0 aliphatic carbocycles. The third-order valence-electron chi connectivity index (χ3n) is 6.33. The molecule has 0 radical (unpaired) electrons. The molecule has 11 heteroatoms. The first kappa shape index (κ1) is 24.5. The molecule has 1 aliphatic rings. The van der Waals surface area contributed by atoms with Crippen LogP contribution in [0.4, 0.5) is 20.4 Å². The van der Waals surface area contributed by atoms with Crippen LogP contribution in [0.1, 0.15) is 18.6 Å². The van der Waals surface area contributed by atoms with Gasteiger partial charge in [-0.3, -0.25) is 0 Å². The molecule has 0 spiro atoms. The van der Waals surface area contributed by atoms with E-state index in [1.54, 1.807) is 25.6 Å². The summed E-state index contributed by atoms with van der Waals surface area (Å²) in [5, 5.41) is -0.0262. The molecule has 1 fully saturated rings. The lowest BCUT2D eigenvalue weighted by molar-refractivity contribution is 0.227. The fraction of sp³-hybridized carbons (Fsp3) is 0.280. The molecule has 3 aromatic heterocycles. The van der Waals surface area contributed by atoms with E-state index >= 15 is 0 Å². The van der Waals surface area contributed by atoms with Crippen molar-refractivity contribution in [2.75, 3.05) is 43.9 Å². The molecule has 0 amide bonds. The van der Waals surface area contributed by atoms with Gasteiger partial charge in [0.05, 0.1) is 21.7 Å². The standard InChI is InChI=1S/C25H23Cl2F2N5O2/c1-13(20-21(26)17(28)9-18(29)22(20)27)36-24-23-15(11-32-25(24)30)16(12-35-23)14-3-4-19(31-10-14)34-7-5-33(2)6-8-34/h3-4,9-13H,5-8H2,1-2H3,(H2,30,32). The predicted molar refractivity (Wildman–Crippen MR) is 137 cm³/mol. The van der Waals surface area contributed by atoms with E-state index in [0.717, 1.165) is 43.1 Å². The molecule has 1 aromatic carbocycles. The summed E-state index contributed by atoms with van der Waals surface area (Å²) in [6, 6.07) is 4.57. The van der Waals surface area contributed by atoms with Crippen LogP contribution in [0, 0.1) is 11.6 Å². The number of rotatable bonds is 5. The van der Waals surface area contributed by atoms with Crippen LogP contribution >= 0.6 is 23.2 Å². The molecule has 0 bridgehead atoms. The van der Waals surface area contributed by atoms with Crippen molar-refractivity contribution >= 4 is 45.8 Å². The van der Waals surface area contributed by atoms with E-state index in [9.17, 15) is 8.78 Å². The monoisotopic (exact) mass is 533 g/mol.